The number of carbonyl (C=O) groups is 1. The van der Waals surface area contributed by atoms with Crippen LogP contribution in [0.2, 0.25) is 0 Å². The molecule has 0 aliphatic carbocycles. The van der Waals surface area contributed by atoms with Gasteiger partial charge < -0.3 is 11.1 Å². The fourth-order valence-corrected chi connectivity index (χ4v) is 1.45. The molecule has 1 unspecified atom stereocenters. The Balaban J connectivity index is 2.40. The van der Waals surface area contributed by atoms with Crippen LogP contribution in [-0.4, -0.2) is 29.2 Å². The number of aromatic nitrogens is 2. The van der Waals surface area contributed by atoms with E-state index in [0.29, 0.717) is 24.6 Å². The van der Waals surface area contributed by atoms with E-state index in [1.807, 2.05) is 0 Å². The zero-order valence-corrected chi connectivity index (χ0v) is 9.52. The summed E-state index contributed by atoms with van der Waals surface area (Å²) in [5, 5.41) is 10.2. The summed E-state index contributed by atoms with van der Waals surface area (Å²) >= 11 is 0. The van der Waals surface area contributed by atoms with Crippen LogP contribution in [0.5, 0.6) is 0 Å². The topological polar surface area (TPSA) is 80.9 Å². The molecule has 0 aliphatic rings. The van der Waals surface area contributed by atoms with Crippen molar-refractivity contribution in [1.29, 1.82) is 0 Å². The minimum absolute atomic E-state index is 0.106. The average molecular weight is 222 g/mol. The van der Waals surface area contributed by atoms with Gasteiger partial charge in [0.15, 0.2) is 0 Å². The van der Waals surface area contributed by atoms with E-state index in [4.69, 9.17) is 5.73 Å². The third-order valence-electron chi connectivity index (χ3n) is 2.55. The number of hydrogen-bond donors (Lipinski definition) is 2. The first-order valence-corrected chi connectivity index (χ1v) is 5.52. The quantitative estimate of drug-likeness (QED) is 0.737. The molecule has 0 bridgehead atoms. The Morgan fingerprint density at radius 3 is 2.94 bits per heavy atom. The smallest absolute Gasteiger partial charge is 0.252 e. The van der Waals surface area contributed by atoms with Crippen molar-refractivity contribution in [3.05, 3.63) is 24.0 Å². The van der Waals surface area contributed by atoms with E-state index < -0.39 is 0 Å². The fraction of sp³-hybridized carbons (Fsp3) is 0.545. The summed E-state index contributed by atoms with van der Waals surface area (Å²) in [6.45, 7) is 3.42. The highest BCUT2D eigenvalue weighted by Crippen LogP contribution is 2.05. The predicted octanol–water partition coefficient (Wildman–Crippen LogP) is 0.581. The number of rotatable bonds is 6. The van der Waals surface area contributed by atoms with E-state index in [0.717, 1.165) is 12.8 Å². The van der Waals surface area contributed by atoms with Crippen LogP contribution in [0.4, 0.5) is 0 Å². The van der Waals surface area contributed by atoms with Crippen molar-refractivity contribution in [2.75, 3.05) is 13.1 Å². The van der Waals surface area contributed by atoms with Crippen LogP contribution in [0.25, 0.3) is 0 Å². The van der Waals surface area contributed by atoms with Crippen molar-refractivity contribution in [1.82, 2.24) is 15.5 Å². The van der Waals surface area contributed by atoms with Crippen molar-refractivity contribution in [2.24, 2.45) is 11.7 Å². The van der Waals surface area contributed by atoms with Crippen molar-refractivity contribution < 1.29 is 4.79 Å². The monoisotopic (exact) mass is 222 g/mol. The first-order chi connectivity index (χ1) is 7.77. The van der Waals surface area contributed by atoms with Crippen molar-refractivity contribution in [3.63, 3.8) is 0 Å². The Hall–Kier alpha value is -1.49. The van der Waals surface area contributed by atoms with Crippen LogP contribution < -0.4 is 11.1 Å². The molecule has 1 aromatic rings. The van der Waals surface area contributed by atoms with E-state index in [-0.39, 0.29) is 5.91 Å². The maximum absolute atomic E-state index is 11.7. The Bertz CT molecular complexity index is 315. The van der Waals surface area contributed by atoms with E-state index in [9.17, 15) is 4.79 Å². The van der Waals surface area contributed by atoms with Gasteiger partial charge in [0.25, 0.3) is 5.91 Å². The lowest BCUT2D eigenvalue weighted by atomic mass is 10.0. The molecule has 3 N–H and O–H groups in total. The lowest BCUT2D eigenvalue weighted by molar-refractivity contribution is 0.0945. The molecule has 0 spiro atoms. The largest absolute Gasteiger partial charge is 0.352 e. The summed E-state index contributed by atoms with van der Waals surface area (Å²) in [6.07, 6.45) is 4.92. The first kappa shape index (κ1) is 12.6. The van der Waals surface area contributed by atoms with Gasteiger partial charge in [0.1, 0.15) is 0 Å². The molecule has 0 aromatic carbocycles. The highest BCUT2D eigenvalue weighted by Gasteiger charge is 2.09. The molecule has 5 nitrogen and oxygen atoms in total. The molecular weight excluding hydrogens is 204 g/mol. The lowest BCUT2D eigenvalue weighted by Crippen LogP contribution is -2.30. The molecule has 0 radical (unpaired) electrons. The summed E-state index contributed by atoms with van der Waals surface area (Å²) in [7, 11) is 0. The number of amides is 1. The molecule has 1 aromatic heterocycles. The van der Waals surface area contributed by atoms with Gasteiger partial charge in [-0.25, -0.2) is 0 Å². The van der Waals surface area contributed by atoms with Crippen LogP contribution in [0, 0.1) is 5.92 Å². The first-order valence-electron chi connectivity index (χ1n) is 5.52. The summed E-state index contributed by atoms with van der Waals surface area (Å²) < 4.78 is 0. The van der Waals surface area contributed by atoms with E-state index >= 15 is 0 Å². The van der Waals surface area contributed by atoms with Crippen LogP contribution in [0.15, 0.2) is 18.5 Å². The molecule has 0 saturated heterocycles. The molecule has 1 rings (SSSR count). The standard InChI is InChI=1S/C11H18N4O/c1-2-9(3-5-12)7-13-11(16)10-4-6-14-15-8-10/h4,6,8-9H,2-3,5,7,12H2,1H3,(H,13,16). The Labute approximate surface area is 95.4 Å². The summed E-state index contributed by atoms with van der Waals surface area (Å²) in [4.78, 5) is 11.7. The van der Waals surface area contributed by atoms with Gasteiger partial charge in [-0.3, -0.25) is 4.79 Å². The third kappa shape index (κ3) is 3.94. The summed E-state index contributed by atoms with van der Waals surface area (Å²) in [6, 6.07) is 1.65. The van der Waals surface area contributed by atoms with Gasteiger partial charge in [0, 0.05) is 6.54 Å². The Morgan fingerprint density at radius 2 is 2.38 bits per heavy atom. The zero-order valence-electron chi connectivity index (χ0n) is 9.52. The van der Waals surface area contributed by atoms with E-state index in [1.165, 1.54) is 12.4 Å². The zero-order chi connectivity index (χ0) is 11.8. The molecular formula is C11H18N4O. The minimum atomic E-state index is -0.106. The SMILES string of the molecule is CCC(CCN)CNC(=O)c1ccnnc1. The Morgan fingerprint density at radius 1 is 1.56 bits per heavy atom. The number of carbonyl (C=O) groups excluding carboxylic acids is 1. The molecule has 1 amide bonds. The van der Waals surface area contributed by atoms with Gasteiger partial charge in [0.2, 0.25) is 0 Å². The second-order valence-corrected chi connectivity index (χ2v) is 3.69. The maximum atomic E-state index is 11.7. The average Bonchev–Trinajstić information content (AvgIpc) is 2.35. The van der Waals surface area contributed by atoms with Gasteiger partial charge in [-0.05, 0) is 24.9 Å². The van der Waals surface area contributed by atoms with Crippen LogP contribution in [-0.2, 0) is 0 Å². The molecule has 0 fully saturated rings. The summed E-state index contributed by atoms with van der Waals surface area (Å²) in [5.74, 6) is 0.342. The van der Waals surface area contributed by atoms with Gasteiger partial charge in [0.05, 0.1) is 18.0 Å². The van der Waals surface area contributed by atoms with Crippen LogP contribution >= 0.6 is 0 Å². The number of nitrogens with one attached hydrogen (secondary N) is 1. The van der Waals surface area contributed by atoms with Crippen molar-refractivity contribution in [3.8, 4) is 0 Å². The van der Waals surface area contributed by atoms with E-state index in [1.54, 1.807) is 6.07 Å². The second-order valence-electron chi connectivity index (χ2n) is 3.69. The number of hydrogen-bond acceptors (Lipinski definition) is 4. The molecule has 88 valence electrons. The summed E-state index contributed by atoms with van der Waals surface area (Å²) in [5.41, 5.74) is 6.03. The van der Waals surface area contributed by atoms with Gasteiger partial charge in [-0.15, -0.1) is 0 Å². The molecule has 5 heteroatoms. The highest BCUT2D eigenvalue weighted by atomic mass is 16.1. The molecule has 16 heavy (non-hydrogen) atoms. The normalized spacial score (nSPS) is 12.1. The van der Waals surface area contributed by atoms with E-state index in [2.05, 4.69) is 22.4 Å². The fourth-order valence-electron chi connectivity index (χ4n) is 1.45. The number of nitrogens with two attached hydrogens (primary N) is 1. The highest BCUT2D eigenvalue weighted by molar-refractivity contribution is 5.93. The van der Waals surface area contributed by atoms with Gasteiger partial charge in [-0.2, -0.15) is 10.2 Å². The molecule has 1 heterocycles. The predicted molar refractivity (Wildman–Crippen MR) is 61.8 cm³/mol. The third-order valence-corrected chi connectivity index (χ3v) is 2.55. The number of nitrogens with zero attached hydrogens (tertiary/aromatic N) is 2. The lowest BCUT2D eigenvalue weighted by Gasteiger charge is -2.14. The molecule has 0 saturated carbocycles. The second kappa shape index (κ2) is 6.90. The maximum Gasteiger partial charge on any atom is 0.252 e. The van der Waals surface area contributed by atoms with Gasteiger partial charge >= 0.3 is 0 Å². The molecule has 0 aliphatic heterocycles. The van der Waals surface area contributed by atoms with Crippen molar-refractivity contribution >= 4 is 5.91 Å². The van der Waals surface area contributed by atoms with Gasteiger partial charge in [-0.1, -0.05) is 13.3 Å². The molecule has 1 atom stereocenters. The van der Waals surface area contributed by atoms with Crippen LogP contribution in [0.3, 0.4) is 0 Å². The van der Waals surface area contributed by atoms with Crippen molar-refractivity contribution in [2.45, 2.75) is 19.8 Å². The van der Waals surface area contributed by atoms with Crippen LogP contribution in [0.1, 0.15) is 30.1 Å². The minimum Gasteiger partial charge on any atom is -0.352 e. The Kier molecular flexibility index (Phi) is 5.42.